The van der Waals surface area contributed by atoms with Gasteiger partial charge in [-0.15, -0.1) is 0 Å². The zero-order valence-electron chi connectivity index (χ0n) is 8.90. The summed E-state index contributed by atoms with van der Waals surface area (Å²) in [6, 6.07) is 6.34. The molecule has 84 valence electrons. The maximum absolute atomic E-state index is 12.6. The summed E-state index contributed by atoms with van der Waals surface area (Å²) in [6.45, 7) is 0.580. The number of nitrogens with one attached hydrogen (secondary N) is 1. The molecule has 0 aliphatic heterocycles. The minimum Gasteiger partial charge on any atom is -0.272 e. The van der Waals surface area contributed by atoms with Crippen LogP contribution in [0.25, 0.3) is 0 Å². The van der Waals surface area contributed by atoms with Gasteiger partial charge in [-0.3, -0.25) is 10.3 Å². The average Bonchev–Trinajstić information content (AvgIpc) is 2.30. The van der Waals surface area contributed by atoms with Gasteiger partial charge in [0.1, 0.15) is 5.82 Å². The number of hydrogen-bond acceptors (Lipinski definition) is 3. The van der Waals surface area contributed by atoms with Gasteiger partial charge in [-0.1, -0.05) is 23.9 Å². The van der Waals surface area contributed by atoms with Crippen LogP contribution in [0, 0.1) is 17.3 Å². The molecule has 0 amide bonds. The first-order valence-electron chi connectivity index (χ1n) is 4.74. The third-order valence-corrected chi connectivity index (χ3v) is 2.54. The van der Waals surface area contributed by atoms with Crippen LogP contribution in [0.4, 0.5) is 4.39 Å². The molecule has 0 saturated carbocycles. The third kappa shape index (κ3) is 4.32. The number of amidine groups is 1. The second-order valence-corrected chi connectivity index (χ2v) is 3.80. The summed E-state index contributed by atoms with van der Waals surface area (Å²) >= 11 is 1.39. The summed E-state index contributed by atoms with van der Waals surface area (Å²) in [4.78, 5) is 4.20. The number of aliphatic imine (C=N–C) groups is 1. The van der Waals surface area contributed by atoms with Crippen molar-refractivity contribution in [3.63, 3.8) is 0 Å². The Labute approximate surface area is 98.4 Å². The molecule has 1 aromatic rings. The second kappa shape index (κ2) is 6.85. The Hall–Kier alpha value is -1.54. The van der Waals surface area contributed by atoms with Crippen LogP contribution >= 0.6 is 11.8 Å². The van der Waals surface area contributed by atoms with Crippen LogP contribution in [-0.2, 0) is 6.42 Å². The van der Waals surface area contributed by atoms with Gasteiger partial charge in [-0.05, 0) is 30.4 Å². The molecule has 16 heavy (non-hydrogen) atoms. The van der Waals surface area contributed by atoms with E-state index in [1.807, 2.05) is 12.4 Å². The number of rotatable bonds is 3. The molecule has 0 unspecified atom stereocenters. The molecule has 1 N–H and O–H groups in total. The minimum absolute atomic E-state index is 0.233. The van der Waals surface area contributed by atoms with Crippen LogP contribution < -0.4 is 5.32 Å². The SMILES string of the molecule is CSC(=NCCc1ccc(F)cc1)NC#N. The Bertz CT molecular complexity index is 395. The lowest BCUT2D eigenvalue weighted by atomic mass is 10.1. The molecule has 0 aromatic heterocycles. The molecule has 0 aliphatic carbocycles. The van der Waals surface area contributed by atoms with Gasteiger partial charge in [-0.2, -0.15) is 5.26 Å². The molecule has 0 radical (unpaired) electrons. The van der Waals surface area contributed by atoms with E-state index in [-0.39, 0.29) is 5.82 Å². The van der Waals surface area contributed by atoms with Crippen LogP contribution in [-0.4, -0.2) is 18.0 Å². The van der Waals surface area contributed by atoms with Crippen molar-refractivity contribution in [2.75, 3.05) is 12.8 Å². The van der Waals surface area contributed by atoms with Crippen molar-refractivity contribution in [2.24, 2.45) is 4.99 Å². The third-order valence-electron chi connectivity index (χ3n) is 1.93. The van der Waals surface area contributed by atoms with Crippen molar-refractivity contribution in [3.8, 4) is 6.19 Å². The maximum Gasteiger partial charge on any atom is 0.183 e. The predicted molar refractivity (Wildman–Crippen MR) is 64.7 cm³/mol. The number of thioether (sulfide) groups is 1. The topological polar surface area (TPSA) is 48.2 Å². The zero-order valence-corrected chi connectivity index (χ0v) is 9.72. The highest BCUT2D eigenvalue weighted by Gasteiger charge is 1.96. The Morgan fingerprint density at radius 1 is 1.50 bits per heavy atom. The monoisotopic (exact) mass is 237 g/mol. The molecule has 1 rings (SSSR count). The zero-order chi connectivity index (χ0) is 11.8. The van der Waals surface area contributed by atoms with E-state index in [2.05, 4.69) is 10.3 Å². The molecule has 0 heterocycles. The van der Waals surface area contributed by atoms with Crippen LogP contribution in [0.15, 0.2) is 29.3 Å². The highest BCUT2D eigenvalue weighted by molar-refractivity contribution is 8.13. The van der Waals surface area contributed by atoms with E-state index in [9.17, 15) is 4.39 Å². The molecule has 0 bridgehead atoms. The first-order valence-corrected chi connectivity index (χ1v) is 5.96. The van der Waals surface area contributed by atoms with Gasteiger partial charge in [0, 0.05) is 6.54 Å². The first kappa shape index (κ1) is 12.5. The first-order chi connectivity index (χ1) is 7.76. The van der Waals surface area contributed by atoms with E-state index >= 15 is 0 Å². The van der Waals surface area contributed by atoms with E-state index < -0.39 is 0 Å². The molecule has 5 heteroatoms. The van der Waals surface area contributed by atoms with E-state index in [1.165, 1.54) is 23.9 Å². The van der Waals surface area contributed by atoms with Crippen molar-refractivity contribution in [1.82, 2.24) is 5.32 Å². The summed E-state index contributed by atoms with van der Waals surface area (Å²) in [5, 5.41) is 11.5. The van der Waals surface area contributed by atoms with Gasteiger partial charge in [0.05, 0.1) is 0 Å². The van der Waals surface area contributed by atoms with Crippen molar-refractivity contribution >= 4 is 16.9 Å². The fraction of sp³-hybridized carbons (Fsp3) is 0.273. The Morgan fingerprint density at radius 3 is 2.75 bits per heavy atom. The summed E-state index contributed by atoms with van der Waals surface area (Å²) in [7, 11) is 0. The summed E-state index contributed by atoms with van der Waals surface area (Å²) in [5.41, 5.74) is 1.03. The van der Waals surface area contributed by atoms with Crippen LogP contribution in [0.5, 0.6) is 0 Å². The lowest BCUT2D eigenvalue weighted by Gasteiger charge is -2.00. The van der Waals surface area contributed by atoms with Gasteiger partial charge >= 0.3 is 0 Å². The number of hydrogen-bond donors (Lipinski definition) is 1. The summed E-state index contributed by atoms with van der Waals surface area (Å²) in [5.74, 6) is -0.233. The van der Waals surface area contributed by atoms with Crippen LogP contribution in [0.3, 0.4) is 0 Å². The van der Waals surface area contributed by atoms with Crippen molar-refractivity contribution < 1.29 is 4.39 Å². The fourth-order valence-electron chi connectivity index (χ4n) is 1.14. The molecule has 3 nitrogen and oxygen atoms in total. The van der Waals surface area contributed by atoms with Crippen molar-refractivity contribution in [3.05, 3.63) is 35.6 Å². The average molecular weight is 237 g/mol. The standard InChI is InChI=1S/C11H12FN3S/c1-16-11(15-8-13)14-7-6-9-2-4-10(12)5-3-9/h2-5H,6-7H2,1H3,(H,14,15). The van der Waals surface area contributed by atoms with Crippen molar-refractivity contribution in [2.45, 2.75) is 6.42 Å². The molecule has 0 aliphatic rings. The lowest BCUT2D eigenvalue weighted by molar-refractivity contribution is 0.627. The highest BCUT2D eigenvalue weighted by atomic mass is 32.2. The predicted octanol–water partition coefficient (Wildman–Crippen LogP) is 2.16. The molecular weight excluding hydrogens is 225 g/mol. The minimum atomic E-state index is -0.233. The second-order valence-electron chi connectivity index (χ2n) is 3.00. The quantitative estimate of drug-likeness (QED) is 0.379. The molecule has 1 aromatic carbocycles. The number of halogens is 1. The summed E-state index contributed by atoms with van der Waals surface area (Å²) < 4.78 is 12.6. The van der Waals surface area contributed by atoms with Gasteiger partial charge in [0.25, 0.3) is 0 Å². The van der Waals surface area contributed by atoms with Gasteiger partial charge in [0.2, 0.25) is 0 Å². The molecule has 0 atom stereocenters. The molecular formula is C11H12FN3S. The van der Waals surface area contributed by atoms with E-state index in [4.69, 9.17) is 5.26 Å². The smallest absolute Gasteiger partial charge is 0.183 e. The Morgan fingerprint density at radius 2 is 2.19 bits per heavy atom. The molecule has 0 saturated heterocycles. The van der Waals surface area contributed by atoms with Gasteiger partial charge in [0.15, 0.2) is 11.4 Å². The van der Waals surface area contributed by atoms with E-state index in [1.54, 1.807) is 12.1 Å². The van der Waals surface area contributed by atoms with Crippen molar-refractivity contribution in [1.29, 1.82) is 5.26 Å². The number of nitriles is 1. The summed E-state index contributed by atoms with van der Waals surface area (Å²) in [6.07, 6.45) is 4.41. The molecule has 0 fully saturated rings. The Kier molecular flexibility index (Phi) is 5.37. The van der Waals surface area contributed by atoms with Crippen LogP contribution in [0.2, 0.25) is 0 Å². The van der Waals surface area contributed by atoms with Gasteiger partial charge in [-0.25, -0.2) is 4.39 Å². The maximum atomic E-state index is 12.6. The Balaban J connectivity index is 2.45. The largest absolute Gasteiger partial charge is 0.272 e. The number of benzene rings is 1. The fourth-order valence-corrected chi connectivity index (χ4v) is 1.51. The highest BCUT2D eigenvalue weighted by Crippen LogP contribution is 2.04. The van der Waals surface area contributed by atoms with E-state index in [0.717, 1.165) is 12.0 Å². The van der Waals surface area contributed by atoms with E-state index in [0.29, 0.717) is 11.7 Å². The number of nitrogens with zero attached hydrogens (tertiary/aromatic N) is 2. The lowest BCUT2D eigenvalue weighted by Crippen LogP contribution is -2.13. The normalized spacial score (nSPS) is 10.9. The van der Waals surface area contributed by atoms with Crippen LogP contribution in [0.1, 0.15) is 5.56 Å². The van der Waals surface area contributed by atoms with Gasteiger partial charge < -0.3 is 0 Å². The molecule has 0 spiro atoms.